The van der Waals surface area contributed by atoms with Crippen LogP contribution >= 0.6 is 11.6 Å². The van der Waals surface area contributed by atoms with Crippen molar-refractivity contribution in [1.29, 1.82) is 0 Å². The normalized spacial score (nSPS) is 25.2. The second-order valence-corrected chi connectivity index (χ2v) is 16.5. The Morgan fingerprint density at radius 2 is 2.02 bits per heavy atom. The highest BCUT2D eigenvalue weighted by atomic mass is 35.5. The van der Waals surface area contributed by atoms with Crippen LogP contribution in [-0.4, -0.2) is 50.5 Å². The summed E-state index contributed by atoms with van der Waals surface area (Å²) in [6.45, 7) is 7.77. The second-order valence-electron chi connectivity index (χ2n) is 14.2. The Kier molecular flexibility index (Phi) is 10.4. The number of aliphatic hydroxyl groups excluding tert-OH is 1. The van der Waals surface area contributed by atoms with Gasteiger partial charge in [0.1, 0.15) is 5.75 Å². The molecule has 2 N–H and O–H groups in total. The molecular weight excluding hydrogens is 632 g/mol. The predicted molar refractivity (Wildman–Crippen MR) is 189 cm³/mol. The molecule has 0 aromatic heterocycles. The maximum Gasteiger partial charge on any atom is 0.264 e. The highest BCUT2D eigenvalue weighted by Crippen LogP contribution is 2.47. The number of nitrogens with one attached hydrogen (secondary N) is 1. The van der Waals surface area contributed by atoms with E-state index in [4.69, 9.17) is 16.3 Å². The molecule has 254 valence electrons. The van der Waals surface area contributed by atoms with Crippen molar-refractivity contribution in [3.8, 4) is 5.75 Å². The van der Waals surface area contributed by atoms with Crippen molar-refractivity contribution in [2.24, 2.45) is 17.8 Å². The van der Waals surface area contributed by atoms with Crippen molar-refractivity contribution in [1.82, 2.24) is 4.72 Å². The van der Waals surface area contributed by atoms with Crippen LogP contribution in [0.3, 0.4) is 0 Å². The summed E-state index contributed by atoms with van der Waals surface area (Å²) < 4.78 is 35.8. The van der Waals surface area contributed by atoms with Gasteiger partial charge in [0.05, 0.1) is 23.6 Å². The molecule has 0 bridgehead atoms. The fourth-order valence-corrected chi connectivity index (χ4v) is 9.96. The molecule has 4 aliphatic rings. The molecule has 2 saturated carbocycles. The molecule has 2 fully saturated rings. The maximum absolute atomic E-state index is 13.6. The van der Waals surface area contributed by atoms with E-state index in [-0.39, 0.29) is 23.2 Å². The smallest absolute Gasteiger partial charge is 0.264 e. The summed E-state index contributed by atoms with van der Waals surface area (Å²) in [5.41, 5.74) is 3.32. The number of anilines is 1. The number of amides is 1. The monoisotopic (exact) mass is 680 g/mol. The van der Waals surface area contributed by atoms with Crippen LogP contribution in [0.5, 0.6) is 5.75 Å². The zero-order valence-corrected chi connectivity index (χ0v) is 29.1. The molecule has 1 spiro atoms. The number of aryl methyl sites for hydroxylation is 1. The largest absolute Gasteiger partial charge is 0.490 e. The van der Waals surface area contributed by atoms with Crippen LogP contribution in [0, 0.1) is 17.8 Å². The van der Waals surface area contributed by atoms with Gasteiger partial charge < -0.3 is 14.7 Å². The van der Waals surface area contributed by atoms with Gasteiger partial charge in [-0.1, -0.05) is 49.2 Å². The van der Waals surface area contributed by atoms with E-state index in [0.717, 1.165) is 68.5 Å². The summed E-state index contributed by atoms with van der Waals surface area (Å²) in [5, 5.41) is 11.2. The average molecular weight is 681 g/mol. The third-order valence-corrected chi connectivity index (χ3v) is 13.0. The van der Waals surface area contributed by atoms with E-state index < -0.39 is 27.3 Å². The number of nitrogens with zero attached hydrogens (tertiary/aromatic N) is 1. The van der Waals surface area contributed by atoms with Gasteiger partial charge in [-0.25, -0.2) is 13.1 Å². The van der Waals surface area contributed by atoms with Gasteiger partial charge in [0.15, 0.2) is 0 Å². The van der Waals surface area contributed by atoms with Crippen molar-refractivity contribution in [3.63, 3.8) is 0 Å². The predicted octanol–water partition coefficient (Wildman–Crippen LogP) is 7.36. The van der Waals surface area contributed by atoms with Gasteiger partial charge in [-0.3, -0.25) is 4.79 Å². The van der Waals surface area contributed by atoms with E-state index in [1.54, 1.807) is 18.2 Å². The molecule has 6 rings (SSSR count). The van der Waals surface area contributed by atoms with Crippen LogP contribution in [0.25, 0.3) is 0 Å². The van der Waals surface area contributed by atoms with E-state index in [1.165, 1.54) is 11.1 Å². The van der Waals surface area contributed by atoms with Gasteiger partial charge in [-0.05, 0) is 123 Å². The average Bonchev–Trinajstić information content (AvgIpc) is 3.87. The zero-order valence-electron chi connectivity index (χ0n) is 27.5. The lowest BCUT2D eigenvalue weighted by Crippen LogP contribution is -2.49. The molecule has 1 amide bonds. The minimum atomic E-state index is -3.86. The highest BCUT2D eigenvalue weighted by Gasteiger charge is 2.45. The van der Waals surface area contributed by atoms with Crippen molar-refractivity contribution in [2.45, 2.75) is 94.3 Å². The van der Waals surface area contributed by atoms with Crippen LogP contribution in [0.1, 0.15) is 92.6 Å². The van der Waals surface area contributed by atoms with E-state index in [9.17, 15) is 18.3 Å². The first-order chi connectivity index (χ1) is 22.6. The molecule has 1 aliphatic heterocycles. The molecule has 3 aliphatic carbocycles. The summed E-state index contributed by atoms with van der Waals surface area (Å²) in [5.74, 6) is 0.587. The minimum absolute atomic E-state index is 0.0863. The number of unbranched alkanes of at least 4 members (excludes halogenated alkanes) is 1. The topological polar surface area (TPSA) is 95.9 Å². The quantitative estimate of drug-likeness (QED) is 0.215. The fraction of sp³-hybridized carbons (Fsp3) is 0.553. The van der Waals surface area contributed by atoms with Gasteiger partial charge in [0, 0.05) is 29.1 Å². The molecule has 0 radical (unpaired) electrons. The van der Waals surface area contributed by atoms with Crippen molar-refractivity contribution in [3.05, 3.63) is 82.9 Å². The molecule has 47 heavy (non-hydrogen) atoms. The standard InChI is InChI=1S/C38H49ClN2O5S/c1-3-5-7-10-34(42)31-17-14-29(31)23-41-24-38(20-8-9-27-21-30(39)16-18-32(27)38)25-46-35-19-15-28(22-33(35)41)37(43)40-47(44,45)36(11-6-4-2)26-12-13-26/h4,7,10,15-16,18-19,21-22,26,29,31,34,36,42H,2-3,5-6,8-9,11-14,17,20,23-25H2,1H3,(H,40,43)/b10-7-/t29-,31+,34?,36?,38-/m0/s1. The van der Waals surface area contributed by atoms with Crippen LogP contribution < -0.4 is 14.4 Å². The van der Waals surface area contributed by atoms with Crippen LogP contribution in [0.2, 0.25) is 5.02 Å². The molecule has 0 saturated heterocycles. The van der Waals surface area contributed by atoms with Crippen molar-refractivity contribution >= 4 is 33.2 Å². The van der Waals surface area contributed by atoms with E-state index in [2.05, 4.69) is 41.3 Å². The van der Waals surface area contributed by atoms with E-state index in [1.807, 2.05) is 18.2 Å². The molecule has 2 unspecified atom stereocenters. The van der Waals surface area contributed by atoms with E-state index in [0.29, 0.717) is 43.9 Å². The van der Waals surface area contributed by atoms with Crippen molar-refractivity contribution in [2.75, 3.05) is 24.6 Å². The first-order valence-corrected chi connectivity index (χ1v) is 19.4. The van der Waals surface area contributed by atoms with Gasteiger partial charge in [-0.15, -0.1) is 6.58 Å². The first-order valence-electron chi connectivity index (χ1n) is 17.5. The number of sulfonamides is 1. The molecule has 7 nitrogen and oxygen atoms in total. The molecule has 1 heterocycles. The molecule has 2 aromatic carbocycles. The summed E-state index contributed by atoms with van der Waals surface area (Å²) in [7, 11) is -3.86. The molecule has 2 aromatic rings. The summed E-state index contributed by atoms with van der Waals surface area (Å²) in [6, 6.07) is 11.5. The van der Waals surface area contributed by atoms with Gasteiger partial charge in [0.2, 0.25) is 10.0 Å². The second kappa shape index (κ2) is 14.4. The lowest BCUT2D eigenvalue weighted by atomic mass is 9.68. The van der Waals surface area contributed by atoms with Gasteiger partial charge in [0.25, 0.3) is 5.91 Å². The van der Waals surface area contributed by atoms with Crippen LogP contribution in [0.4, 0.5) is 5.69 Å². The summed E-state index contributed by atoms with van der Waals surface area (Å²) in [4.78, 5) is 15.9. The Labute approximate surface area is 285 Å². The summed E-state index contributed by atoms with van der Waals surface area (Å²) in [6.07, 6.45) is 15.0. The number of aliphatic hydroxyl groups is 1. The Morgan fingerprint density at radius 3 is 2.74 bits per heavy atom. The Hall–Kier alpha value is -2.81. The van der Waals surface area contributed by atoms with Crippen LogP contribution in [-0.2, 0) is 21.9 Å². The number of halogens is 1. The third-order valence-electron chi connectivity index (χ3n) is 10.9. The third kappa shape index (κ3) is 7.45. The Morgan fingerprint density at radius 1 is 1.19 bits per heavy atom. The zero-order chi connectivity index (χ0) is 33.2. The number of fused-ring (bicyclic) bond motifs is 3. The first kappa shape index (κ1) is 34.1. The number of allylic oxidation sites excluding steroid dienone is 2. The lowest BCUT2D eigenvalue weighted by molar-refractivity contribution is 0.0456. The highest BCUT2D eigenvalue weighted by molar-refractivity contribution is 7.90. The number of benzene rings is 2. The number of rotatable bonds is 13. The Bertz CT molecular complexity index is 1600. The summed E-state index contributed by atoms with van der Waals surface area (Å²) >= 11 is 6.43. The number of carbonyl (C=O) groups is 1. The maximum atomic E-state index is 13.6. The SMILES string of the molecule is C=CCCC(C1CC1)S(=O)(=O)NC(=O)c1ccc2c(c1)N(C[C@@H]1CC[C@H]1C(O)/C=C\CCC)C[C@@]1(CCCc3cc(Cl)ccc31)CO2. The van der Waals surface area contributed by atoms with Gasteiger partial charge >= 0.3 is 0 Å². The number of hydrogen-bond acceptors (Lipinski definition) is 6. The number of carbonyl (C=O) groups excluding carboxylic acids is 1. The minimum Gasteiger partial charge on any atom is -0.490 e. The fourth-order valence-electron chi connectivity index (χ4n) is 8.01. The molecular formula is C38H49ClN2O5S. The number of ether oxygens (including phenoxy) is 1. The molecule has 5 atom stereocenters. The van der Waals surface area contributed by atoms with Crippen molar-refractivity contribution < 1.29 is 23.1 Å². The van der Waals surface area contributed by atoms with Crippen LogP contribution in [0.15, 0.2) is 61.2 Å². The van der Waals surface area contributed by atoms with Gasteiger partial charge in [-0.2, -0.15) is 0 Å². The van der Waals surface area contributed by atoms with E-state index >= 15 is 0 Å². The Balaban J connectivity index is 1.30. The lowest BCUT2D eigenvalue weighted by Gasteiger charge is -2.45. The molecule has 9 heteroatoms. The number of hydrogen-bond donors (Lipinski definition) is 2.